The third kappa shape index (κ3) is 3.84. The van der Waals surface area contributed by atoms with Gasteiger partial charge >= 0.3 is 0 Å². The first-order valence-electron chi connectivity index (χ1n) is 6.66. The van der Waals surface area contributed by atoms with E-state index < -0.39 is 11.7 Å². The molecule has 0 aliphatic heterocycles. The largest absolute Gasteiger partial charge is 0.341 e. The van der Waals surface area contributed by atoms with Gasteiger partial charge in [0.15, 0.2) is 0 Å². The second-order valence-corrected chi connectivity index (χ2v) is 4.68. The zero-order chi connectivity index (χ0) is 16.8. The second-order valence-electron chi connectivity index (χ2n) is 4.68. The van der Waals surface area contributed by atoms with Crippen molar-refractivity contribution in [2.24, 2.45) is 0 Å². The lowest BCUT2D eigenvalue weighted by molar-refractivity contribution is 0.0958. The van der Waals surface area contributed by atoms with Crippen LogP contribution in [0.4, 0.5) is 4.39 Å². The number of nitrogens with zero attached hydrogens (tertiary/aromatic N) is 2. The van der Waals surface area contributed by atoms with Crippen LogP contribution < -0.4 is 10.9 Å². The Bertz CT molecular complexity index is 888. The van der Waals surface area contributed by atoms with Crippen LogP contribution in [0.5, 0.6) is 0 Å². The van der Waals surface area contributed by atoms with E-state index in [1.165, 1.54) is 35.0 Å². The predicted octanol–water partition coefficient (Wildman–Crippen LogP) is 1.27. The van der Waals surface area contributed by atoms with Gasteiger partial charge in [-0.25, -0.2) is 4.39 Å². The standard InChI is InChI=1S/C17H12FN3O2/c1-2-7-20-17(23)13-4-6-16(22)21(11-13)10-12-3-5-15(18)8-14(12)9-19/h1,3-6,8,11H,7,10H2,(H,20,23). The highest BCUT2D eigenvalue weighted by Gasteiger charge is 2.09. The van der Waals surface area contributed by atoms with Crippen LogP contribution >= 0.6 is 0 Å². The molecule has 2 aromatic rings. The first-order chi connectivity index (χ1) is 11.0. The second kappa shape index (κ2) is 7.06. The zero-order valence-electron chi connectivity index (χ0n) is 12.0. The van der Waals surface area contributed by atoms with Crippen LogP contribution in [0.15, 0.2) is 41.3 Å². The molecule has 1 aromatic carbocycles. The Hall–Kier alpha value is -3.38. The normalized spacial score (nSPS) is 9.70. The van der Waals surface area contributed by atoms with Gasteiger partial charge in [-0.1, -0.05) is 12.0 Å². The van der Waals surface area contributed by atoms with Crippen molar-refractivity contribution in [1.29, 1.82) is 5.26 Å². The zero-order valence-corrected chi connectivity index (χ0v) is 12.0. The number of benzene rings is 1. The Morgan fingerprint density at radius 2 is 2.13 bits per heavy atom. The fraction of sp³-hybridized carbons (Fsp3) is 0.118. The molecular weight excluding hydrogens is 297 g/mol. The average Bonchev–Trinajstić information content (AvgIpc) is 2.56. The number of halogens is 1. The fourth-order valence-corrected chi connectivity index (χ4v) is 2.00. The molecule has 1 heterocycles. The van der Waals surface area contributed by atoms with Gasteiger partial charge in [-0.05, 0) is 23.8 Å². The number of hydrogen-bond donors (Lipinski definition) is 1. The molecule has 114 valence electrons. The van der Waals surface area contributed by atoms with Gasteiger partial charge in [-0.3, -0.25) is 9.59 Å². The summed E-state index contributed by atoms with van der Waals surface area (Å²) in [6, 6.07) is 8.27. The molecule has 1 amide bonds. The van der Waals surface area contributed by atoms with E-state index in [4.69, 9.17) is 11.7 Å². The van der Waals surface area contributed by atoms with Crippen molar-refractivity contribution in [3.8, 4) is 18.4 Å². The topological polar surface area (TPSA) is 74.9 Å². The van der Waals surface area contributed by atoms with Gasteiger partial charge in [-0.15, -0.1) is 6.42 Å². The number of nitrogens with one attached hydrogen (secondary N) is 1. The summed E-state index contributed by atoms with van der Waals surface area (Å²) in [5.41, 5.74) is 0.545. The van der Waals surface area contributed by atoms with Gasteiger partial charge in [0.2, 0.25) is 0 Å². The number of pyridine rings is 1. The molecule has 0 bridgehead atoms. The highest BCUT2D eigenvalue weighted by Crippen LogP contribution is 2.11. The van der Waals surface area contributed by atoms with Crippen LogP contribution in [0.2, 0.25) is 0 Å². The fourth-order valence-electron chi connectivity index (χ4n) is 2.00. The maximum atomic E-state index is 13.2. The minimum absolute atomic E-state index is 0.0538. The third-order valence-electron chi connectivity index (χ3n) is 3.13. The van der Waals surface area contributed by atoms with Crippen molar-refractivity contribution in [2.75, 3.05) is 6.54 Å². The molecular formula is C17H12FN3O2. The van der Waals surface area contributed by atoms with Crippen LogP contribution in [0.3, 0.4) is 0 Å². The first-order valence-corrected chi connectivity index (χ1v) is 6.66. The molecule has 0 radical (unpaired) electrons. The molecule has 0 spiro atoms. The van der Waals surface area contributed by atoms with Crippen molar-refractivity contribution in [2.45, 2.75) is 6.54 Å². The summed E-state index contributed by atoms with van der Waals surface area (Å²) in [6.07, 6.45) is 6.45. The molecule has 0 fully saturated rings. The molecule has 0 saturated heterocycles. The van der Waals surface area contributed by atoms with Gasteiger partial charge in [-0.2, -0.15) is 5.26 Å². The number of rotatable bonds is 4. The van der Waals surface area contributed by atoms with Gasteiger partial charge < -0.3 is 9.88 Å². The van der Waals surface area contributed by atoms with Crippen LogP contribution in [-0.2, 0) is 6.54 Å². The Kier molecular flexibility index (Phi) is 4.91. The average molecular weight is 309 g/mol. The Balaban J connectivity index is 2.34. The van der Waals surface area contributed by atoms with Crippen LogP contribution in [0.1, 0.15) is 21.5 Å². The molecule has 0 aliphatic carbocycles. The summed E-state index contributed by atoms with van der Waals surface area (Å²) >= 11 is 0. The van der Waals surface area contributed by atoms with Gasteiger partial charge in [0, 0.05) is 12.3 Å². The highest BCUT2D eigenvalue weighted by atomic mass is 19.1. The van der Waals surface area contributed by atoms with Crippen LogP contribution in [-0.4, -0.2) is 17.0 Å². The van der Waals surface area contributed by atoms with Crippen molar-refractivity contribution in [3.05, 3.63) is 69.4 Å². The van der Waals surface area contributed by atoms with E-state index in [1.54, 1.807) is 0 Å². The number of carbonyl (C=O) groups excluding carboxylic acids is 1. The number of amides is 1. The van der Waals surface area contributed by atoms with Crippen molar-refractivity contribution >= 4 is 5.91 Å². The summed E-state index contributed by atoms with van der Waals surface area (Å²) in [5, 5.41) is 11.5. The molecule has 0 atom stereocenters. The van der Waals surface area contributed by atoms with Crippen molar-refractivity contribution < 1.29 is 9.18 Å². The van der Waals surface area contributed by atoms with Crippen molar-refractivity contribution in [1.82, 2.24) is 9.88 Å². The number of hydrogen-bond acceptors (Lipinski definition) is 3. The van der Waals surface area contributed by atoms with E-state index >= 15 is 0 Å². The van der Waals surface area contributed by atoms with Crippen LogP contribution in [0.25, 0.3) is 0 Å². The summed E-state index contributed by atoms with van der Waals surface area (Å²) in [5.74, 6) is 1.35. The SMILES string of the molecule is C#CCNC(=O)c1ccc(=O)n(Cc2ccc(F)cc2C#N)c1. The molecule has 5 nitrogen and oxygen atoms in total. The number of carbonyl (C=O) groups is 1. The molecule has 0 aliphatic rings. The summed E-state index contributed by atoms with van der Waals surface area (Å²) < 4.78 is 14.4. The highest BCUT2D eigenvalue weighted by molar-refractivity contribution is 5.93. The van der Waals surface area contributed by atoms with E-state index in [0.29, 0.717) is 5.56 Å². The van der Waals surface area contributed by atoms with Gasteiger partial charge in [0.1, 0.15) is 5.82 Å². The Labute approximate surface area is 132 Å². The Morgan fingerprint density at radius 1 is 1.35 bits per heavy atom. The molecule has 2 rings (SSSR count). The predicted molar refractivity (Wildman–Crippen MR) is 82.1 cm³/mol. The summed E-state index contributed by atoms with van der Waals surface area (Å²) in [7, 11) is 0. The Morgan fingerprint density at radius 3 is 2.83 bits per heavy atom. The summed E-state index contributed by atoms with van der Waals surface area (Å²) in [6.45, 7) is 0.132. The molecule has 1 aromatic heterocycles. The number of nitriles is 1. The maximum Gasteiger partial charge on any atom is 0.253 e. The molecule has 6 heteroatoms. The third-order valence-corrected chi connectivity index (χ3v) is 3.13. The quantitative estimate of drug-likeness (QED) is 0.864. The molecule has 23 heavy (non-hydrogen) atoms. The van der Waals surface area contributed by atoms with E-state index in [-0.39, 0.29) is 29.8 Å². The van der Waals surface area contributed by atoms with Gasteiger partial charge in [0.25, 0.3) is 11.5 Å². The number of terminal acetylenes is 1. The van der Waals surface area contributed by atoms with Crippen molar-refractivity contribution in [3.63, 3.8) is 0 Å². The van der Waals surface area contributed by atoms with Crippen LogP contribution in [0, 0.1) is 29.5 Å². The molecule has 0 unspecified atom stereocenters. The lowest BCUT2D eigenvalue weighted by atomic mass is 10.1. The molecule has 0 saturated carbocycles. The summed E-state index contributed by atoms with van der Waals surface area (Å²) in [4.78, 5) is 23.8. The maximum absolute atomic E-state index is 13.2. The van der Waals surface area contributed by atoms with E-state index in [2.05, 4.69) is 11.2 Å². The monoisotopic (exact) mass is 309 g/mol. The van der Waals surface area contributed by atoms with E-state index in [1.807, 2.05) is 6.07 Å². The minimum atomic E-state index is -0.528. The van der Waals surface area contributed by atoms with E-state index in [9.17, 15) is 14.0 Å². The van der Waals surface area contributed by atoms with Gasteiger partial charge in [0.05, 0.1) is 30.3 Å². The smallest absolute Gasteiger partial charge is 0.253 e. The molecule has 1 N–H and O–H groups in total. The lowest BCUT2D eigenvalue weighted by Crippen LogP contribution is -2.27. The number of aromatic nitrogens is 1. The van der Waals surface area contributed by atoms with E-state index in [0.717, 1.165) is 6.07 Å². The first kappa shape index (κ1) is 16.0. The minimum Gasteiger partial charge on any atom is -0.341 e. The lowest BCUT2D eigenvalue weighted by Gasteiger charge is -2.09.